The maximum atomic E-state index is 12.7. The van der Waals surface area contributed by atoms with Crippen LogP contribution in [0.15, 0.2) is 78.9 Å². The van der Waals surface area contributed by atoms with Crippen LogP contribution in [0.3, 0.4) is 0 Å². The Morgan fingerprint density at radius 3 is 2.44 bits per heavy atom. The fourth-order valence-corrected chi connectivity index (χ4v) is 2.65. The van der Waals surface area contributed by atoms with E-state index in [-0.39, 0.29) is 5.91 Å². The molecule has 0 saturated carbocycles. The molecule has 0 aliphatic rings. The summed E-state index contributed by atoms with van der Waals surface area (Å²) in [6, 6.07) is 25.1. The summed E-state index contributed by atoms with van der Waals surface area (Å²) in [7, 11) is 1.78. The van der Waals surface area contributed by atoms with Crippen molar-refractivity contribution in [1.82, 2.24) is 0 Å². The van der Waals surface area contributed by atoms with Gasteiger partial charge in [0.2, 0.25) is 0 Å². The van der Waals surface area contributed by atoms with Crippen LogP contribution in [0.4, 0.5) is 5.69 Å². The van der Waals surface area contributed by atoms with Gasteiger partial charge in [0.15, 0.2) is 0 Å². The Morgan fingerprint density at radius 2 is 1.68 bits per heavy atom. The maximum Gasteiger partial charge on any atom is 0.258 e. The van der Waals surface area contributed by atoms with Crippen molar-refractivity contribution in [2.24, 2.45) is 0 Å². The SMILES string of the molecule is Cc1cccc(COc2cccc(C(=O)N(C)c3ccccc3)c2)c1. The molecule has 3 nitrogen and oxygen atoms in total. The monoisotopic (exact) mass is 331 g/mol. The van der Waals surface area contributed by atoms with Gasteiger partial charge < -0.3 is 9.64 Å². The van der Waals surface area contributed by atoms with Gasteiger partial charge in [0.25, 0.3) is 5.91 Å². The van der Waals surface area contributed by atoms with E-state index in [4.69, 9.17) is 4.74 Å². The highest BCUT2D eigenvalue weighted by Gasteiger charge is 2.13. The second-order valence-electron chi connectivity index (χ2n) is 6.01. The summed E-state index contributed by atoms with van der Waals surface area (Å²) in [5.41, 5.74) is 3.78. The molecule has 0 aromatic heterocycles. The number of hydrogen-bond acceptors (Lipinski definition) is 2. The Bertz CT molecular complexity index is 859. The maximum absolute atomic E-state index is 12.7. The Hall–Kier alpha value is -3.07. The quantitative estimate of drug-likeness (QED) is 0.669. The minimum absolute atomic E-state index is 0.0628. The molecule has 0 aliphatic carbocycles. The summed E-state index contributed by atoms with van der Waals surface area (Å²) in [5, 5.41) is 0. The van der Waals surface area contributed by atoms with Crippen LogP contribution in [-0.2, 0) is 6.61 Å². The Morgan fingerprint density at radius 1 is 0.920 bits per heavy atom. The molecule has 25 heavy (non-hydrogen) atoms. The average Bonchev–Trinajstić information content (AvgIpc) is 2.66. The summed E-state index contributed by atoms with van der Waals surface area (Å²) in [6.45, 7) is 2.54. The van der Waals surface area contributed by atoms with Gasteiger partial charge >= 0.3 is 0 Å². The van der Waals surface area contributed by atoms with E-state index >= 15 is 0 Å². The molecule has 3 aromatic rings. The number of amides is 1. The van der Waals surface area contributed by atoms with E-state index in [0.29, 0.717) is 17.9 Å². The number of carbonyl (C=O) groups excluding carboxylic acids is 1. The molecule has 3 rings (SSSR count). The van der Waals surface area contributed by atoms with E-state index in [1.807, 2.05) is 54.6 Å². The highest BCUT2D eigenvalue weighted by atomic mass is 16.5. The van der Waals surface area contributed by atoms with Crippen LogP contribution in [0.25, 0.3) is 0 Å². The molecule has 0 unspecified atom stereocenters. The highest BCUT2D eigenvalue weighted by molar-refractivity contribution is 6.05. The van der Waals surface area contributed by atoms with Crippen LogP contribution in [0.5, 0.6) is 5.75 Å². The van der Waals surface area contributed by atoms with Gasteiger partial charge in [-0.25, -0.2) is 0 Å². The third-order valence-corrected chi connectivity index (χ3v) is 4.02. The lowest BCUT2D eigenvalue weighted by Gasteiger charge is -2.17. The van der Waals surface area contributed by atoms with E-state index in [1.165, 1.54) is 5.56 Å². The number of carbonyl (C=O) groups is 1. The Balaban J connectivity index is 1.71. The summed E-state index contributed by atoms with van der Waals surface area (Å²) >= 11 is 0. The Labute approximate surface area is 148 Å². The summed E-state index contributed by atoms with van der Waals surface area (Å²) in [6.07, 6.45) is 0. The zero-order valence-electron chi connectivity index (χ0n) is 14.5. The first kappa shape index (κ1) is 16.8. The van der Waals surface area contributed by atoms with Crippen molar-refractivity contribution in [2.45, 2.75) is 13.5 Å². The van der Waals surface area contributed by atoms with Crippen LogP contribution in [0.2, 0.25) is 0 Å². The molecule has 3 aromatic carbocycles. The van der Waals surface area contributed by atoms with Crippen molar-refractivity contribution < 1.29 is 9.53 Å². The van der Waals surface area contributed by atoms with Gasteiger partial charge in [-0.1, -0.05) is 54.1 Å². The van der Waals surface area contributed by atoms with Crippen molar-refractivity contribution in [3.05, 3.63) is 95.6 Å². The molecule has 0 spiro atoms. The number of hydrogen-bond donors (Lipinski definition) is 0. The van der Waals surface area contributed by atoms with Crippen LogP contribution < -0.4 is 9.64 Å². The van der Waals surface area contributed by atoms with E-state index < -0.39 is 0 Å². The third kappa shape index (κ3) is 4.27. The molecule has 0 saturated heterocycles. The summed E-state index contributed by atoms with van der Waals surface area (Å²) < 4.78 is 5.85. The normalized spacial score (nSPS) is 10.3. The van der Waals surface area contributed by atoms with Gasteiger partial charge in [-0.05, 0) is 42.8 Å². The molecule has 0 bridgehead atoms. The second kappa shape index (κ2) is 7.67. The molecule has 0 N–H and O–H groups in total. The lowest BCUT2D eigenvalue weighted by molar-refractivity contribution is 0.0992. The minimum Gasteiger partial charge on any atom is -0.489 e. The smallest absolute Gasteiger partial charge is 0.258 e. The van der Waals surface area contributed by atoms with Crippen molar-refractivity contribution in [2.75, 3.05) is 11.9 Å². The van der Waals surface area contributed by atoms with Crippen LogP contribution in [-0.4, -0.2) is 13.0 Å². The lowest BCUT2D eigenvalue weighted by atomic mass is 10.1. The number of para-hydroxylation sites is 1. The van der Waals surface area contributed by atoms with Gasteiger partial charge in [0, 0.05) is 18.3 Å². The lowest BCUT2D eigenvalue weighted by Crippen LogP contribution is -2.26. The first-order valence-corrected chi connectivity index (χ1v) is 8.25. The van der Waals surface area contributed by atoms with Crippen LogP contribution >= 0.6 is 0 Å². The highest BCUT2D eigenvalue weighted by Crippen LogP contribution is 2.19. The number of anilines is 1. The standard InChI is InChI=1S/C22H21NO2/c1-17-8-6-9-18(14-17)16-25-21-13-7-10-19(15-21)22(24)23(2)20-11-4-3-5-12-20/h3-15H,16H2,1-2H3. The molecular formula is C22H21NO2. The summed E-state index contributed by atoms with van der Waals surface area (Å²) in [5.74, 6) is 0.626. The average molecular weight is 331 g/mol. The van der Waals surface area contributed by atoms with E-state index in [1.54, 1.807) is 24.1 Å². The first-order chi connectivity index (χ1) is 12.1. The fraction of sp³-hybridized carbons (Fsp3) is 0.136. The molecule has 0 aliphatic heterocycles. The van der Waals surface area contributed by atoms with Gasteiger partial charge in [-0.15, -0.1) is 0 Å². The number of aryl methyl sites for hydroxylation is 1. The fourth-order valence-electron chi connectivity index (χ4n) is 2.65. The molecule has 0 fully saturated rings. The van der Waals surface area contributed by atoms with E-state index in [0.717, 1.165) is 11.3 Å². The van der Waals surface area contributed by atoms with Crippen LogP contribution in [0, 0.1) is 6.92 Å². The van der Waals surface area contributed by atoms with E-state index in [9.17, 15) is 4.79 Å². The third-order valence-electron chi connectivity index (χ3n) is 4.02. The molecule has 0 radical (unpaired) electrons. The van der Waals surface area contributed by atoms with Crippen molar-refractivity contribution in [1.29, 1.82) is 0 Å². The molecular weight excluding hydrogens is 310 g/mol. The molecule has 3 heteroatoms. The summed E-state index contributed by atoms with van der Waals surface area (Å²) in [4.78, 5) is 14.3. The number of ether oxygens (including phenoxy) is 1. The van der Waals surface area contributed by atoms with Crippen molar-refractivity contribution >= 4 is 11.6 Å². The number of benzene rings is 3. The number of rotatable bonds is 5. The minimum atomic E-state index is -0.0628. The molecule has 0 heterocycles. The Kier molecular flexibility index (Phi) is 5.14. The van der Waals surface area contributed by atoms with Gasteiger partial charge in [0.05, 0.1) is 0 Å². The van der Waals surface area contributed by atoms with E-state index in [2.05, 4.69) is 19.1 Å². The first-order valence-electron chi connectivity index (χ1n) is 8.25. The molecule has 126 valence electrons. The van der Waals surface area contributed by atoms with Gasteiger partial charge in [0.1, 0.15) is 12.4 Å². The van der Waals surface area contributed by atoms with Gasteiger partial charge in [-0.3, -0.25) is 4.79 Å². The second-order valence-corrected chi connectivity index (χ2v) is 6.01. The number of nitrogens with zero attached hydrogens (tertiary/aromatic N) is 1. The van der Waals surface area contributed by atoms with Crippen LogP contribution in [0.1, 0.15) is 21.5 Å². The van der Waals surface area contributed by atoms with Crippen molar-refractivity contribution in [3.8, 4) is 5.75 Å². The van der Waals surface area contributed by atoms with Gasteiger partial charge in [-0.2, -0.15) is 0 Å². The molecule has 0 atom stereocenters. The largest absolute Gasteiger partial charge is 0.489 e. The topological polar surface area (TPSA) is 29.5 Å². The zero-order valence-corrected chi connectivity index (χ0v) is 14.5. The predicted octanol–water partition coefficient (Wildman–Crippen LogP) is 4.85. The van der Waals surface area contributed by atoms with Crippen molar-refractivity contribution in [3.63, 3.8) is 0 Å². The molecule has 1 amide bonds. The zero-order chi connectivity index (χ0) is 17.6. The predicted molar refractivity (Wildman–Crippen MR) is 101 cm³/mol.